The summed E-state index contributed by atoms with van der Waals surface area (Å²) < 4.78 is 0. The van der Waals surface area contributed by atoms with Crippen LogP contribution in [0.4, 0.5) is 0 Å². The minimum atomic E-state index is -0.133. The smallest absolute Gasteiger partial charge is 0.244 e. The van der Waals surface area contributed by atoms with Gasteiger partial charge in [0.05, 0.1) is 11.7 Å². The third-order valence-corrected chi connectivity index (χ3v) is 5.34. The SMILES string of the molecule is CCC1NC2(CC2)C(=O)N1C1CCC(C)C1C. The molecule has 4 unspecified atom stereocenters. The number of hydrogen-bond donors (Lipinski definition) is 1. The summed E-state index contributed by atoms with van der Waals surface area (Å²) in [5.41, 5.74) is -0.133. The van der Waals surface area contributed by atoms with Gasteiger partial charge in [0, 0.05) is 6.04 Å². The fourth-order valence-electron chi connectivity index (χ4n) is 3.73. The van der Waals surface area contributed by atoms with Crippen molar-refractivity contribution in [2.24, 2.45) is 11.8 Å². The summed E-state index contributed by atoms with van der Waals surface area (Å²) in [7, 11) is 0. The number of amides is 1. The average Bonchev–Trinajstić information content (AvgIpc) is 2.97. The van der Waals surface area contributed by atoms with Gasteiger partial charge in [-0.25, -0.2) is 0 Å². The molecule has 0 aromatic carbocycles. The van der Waals surface area contributed by atoms with E-state index in [9.17, 15) is 4.79 Å². The Labute approximate surface area is 104 Å². The lowest BCUT2D eigenvalue weighted by Gasteiger charge is -2.33. The fraction of sp³-hybridized carbons (Fsp3) is 0.929. The van der Waals surface area contributed by atoms with Crippen molar-refractivity contribution in [3.8, 4) is 0 Å². The number of nitrogens with zero attached hydrogens (tertiary/aromatic N) is 1. The number of nitrogens with one attached hydrogen (secondary N) is 1. The summed E-state index contributed by atoms with van der Waals surface area (Å²) in [6, 6.07) is 0.481. The minimum Gasteiger partial charge on any atom is -0.322 e. The van der Waals surface area contributed by atoms with E-state index in [1.807, 2.05) is 0 Å². The molecule has 96 valence electrons. The fourth-order valence-corrected chi connectivity index (χ4v) is 3.73. The van der Waals surface area contributed by atoms with Crippen LogP contribution >= 0.6 is 0 Å². The quantitative estimate of drug-likeness (QED) is 0.796. The molecule has 0 radical (unpaired) electrons. The second-order valence-electron chi connectivity index (χ2n) is 6.34. The molecule has 4 atom stereocenters. The van der Waals surface area contributed by atoms with E-state index in [1.165, 1.54) is 12.8 Å². The summed E-state index contributed by atoms with van der Waals surface area (Å²) in [5, 5.41) is 3.58. The topological polar surface area (TPSA) is 32.3 Å². The Bertz CT molecular complexity index is 337. The van der Waals surface area contributed by atoms with E-state index in [1.54, 1.807) is 0 Å². The number of carbonyl (C=O) groups excluding carboxylic acids is 1. The summed E-state index contributed by atoms with van der Waals surface area (Å²) in [5.74, 6) is 1.82. The van der Waals surface area contributed by atoms with Crippen molar-refractivity contribution >= 4 is 5.91 Å². The van der Waals surface area contributed by atoms with Gasteiger partial charge in [-0.3, -0.25) is 10.1 Å². The molecule has 3 rings (SSSR count). The van der Waals surface area contributed by atoms with Crippen LogP contribution in [0, 0.1) is 11.8 Å². The molecule has 2 saturated carbocycles. The molecule has 3 aliphatic rings. The molecule has 1 amide bonds. The molecule has 1 saturated heterocycles. The minimum absolute atomic E-state index is 0.133. The predicted octanol–water partition coefficient (Wildman–Crippen LogP) is 2.12. The Morgan fingerprint density at radius 1 is 1.35 bits per heavy atom. The molecule has 3 fully saturated rings. The third-order valence-electron chi connectivity index (χ3n) is 5.34. The van der Waals surface area contributed by atoms with Crippen LogP contribution in [0.2, 0.25) is 0 Å². The van der Waals surface area contributed by atoms with Gasteiger partial charge in [0.2, 0.25) is 5.91 Å². The standard InChI is InChI=1S/C14H24N2O/c1-4-12-15-14(7-8-14)13(17)16(12)11-6-5-9(2)10(11)3/h9-12,15H,4-8H2,1-3H3. The normalized spacial score (nSPS) is 43.7. The Balaban J connectivity index is 1.83. The van der Waals surface area contributed by atoms with Crippen molar-refractivity contribution in [3.05, 3.63) is 0 Å². The van der Waals surface area contributed by atoms with Crippen LogP contribution in [0.1, 0.15) is 52.9 Å². The molecule has 3 nitrogen and oxygen atoms in total. The molecule has 1 aliphatic heterocycles. The van der Waals surface area contributed by atoms with Gasteiger partial charge in [-0.2, -0.15) is 0 Å². The Hall–Kier alpha value is -0.570. The van der Waals surface area contributed by atoms with E-state index < -0.39 is 0 Å². The maximum Gasteiger partial charge on any atom is 0.244 e. The second kappa shape index (κ2) is 3.71. The lowest BCUT2D eigenvalue weighted by atomic mass is 9.96. The molecule has 0 bridgehead atoms. The molecule has 17 heavy (non-hydrogen) atoms. The van der Waals surface area contributed by atoms with Gasteiger partial charge in [-0.05, 0) is 43.9 Å². The van der Waals surface area contributed by atoms with E-state index in [0.717, 1.165) is 25.2 Å². The Morgan fingerprint density at radius 3 is 2.53 bits per heavy atom. The van der Waals surface area contributed by atoms with Crippen LogP contribution in [0.3, 0.4) is 0 Å². The first-order chi connectivity index (χ1) is 8.09. The van der Waals surface area contributed by atoms with Crippen LogP contribution in [0.5, 0.6) is 0 Å². The molecule has 0 aromatic heterocycles. The van der Waals surface area contributed by atoms with E-state index in [-0.39, 0.29) is 5.54 Å². The highest BCUT2D eigenvalue weighted by Crippen LogP contribution is 2.46. The Kier molecular flexibility index (Phi) is 2.51. The van der Waals surface area contributed by atoms with Crippen LogP contribution < -0.4 is 5.32 Å². The monoisotopic (exact) mass is 236 g/mol. The van der Waals surface area contributed by atoms with Crippen LogP contribution in [-0.4, -0.2) is 28.6 Å². The zero-order valence-corrected chi connectivity index (χ0v) is 11.2. The number of carbonyl (C=O) groups is 1. The van der Waals surface area contributed by atoms with Crippen molar-refractivity contribution in [1.82, 2.24) is 10.2 Å². The summed E-state index contributed by atoms with van der Waals surface area (Å²) in [6.07, 6.45) is 5.90. The van der Waals surface area contributed by atoms with Gasteiger partial charge in [0.15, 0.2) is 0 Å². The highest BCUT2D eigenvalue weighted by atomic mass is 16.2. The predicted molar refractivity (Wildman–Crippen MR) is 67.4 cm³/mol. The van der Waals surface area contributed by atoms with Gasteiger partial charge in [-0.15, -0.1) is 0 Å². The molecule has 1 heterocycles. The maximum atomic E-state index is 12.6. The second-order valence-corrected chi connectivity index (χ2v) is 6.34. The number of rotatable bonds is 2. The van der Waals surface area contributed by atoms with E-state index in [4.69, 9.17) is 0 Å². The molecule has 2 aliphatic carbocycles. The molecular weight excluding hydrogens is 212 g/mol. The molecule has 0 aromatic rings. The van der Waals surface area contributed by atoms with Crippen molar-refractivity contribution in [1.29, 1.82) is 0 Å². The highest BCUT2D eigenvalue weighted by molar-refractivity contribution is 5.92. The first kappa shape index (κ1) is 11.5. The maximum absolute atomic E-state index is 12.6. The third kappa shape index (κ3) is 1.55. The summed E-state index contributed by atoms with van der Waals surface area (Å²) in [6.45, 7) is 6.83. The van der Waals surface area contributed by atoms with Crippen LogP contribution in [0.15, 0.2) is 0 Å². The van der Waals surface area contributed by atoms with Gasteiger partial charge in [0.1, 0.15) is 0 Å². The van der Waals surface area contributed by atoms with Gasteiger partial charge in [-0.1, -0.05) is 20.8 Å². The van der Waals surface area contributed by atoms with E-state index in [0.29, 0.717) is 24.0 Å². The molecule has 3 heteroatoms. The first-order valence-electron chi connectivity index (χ1n) is 7.19. The van der Waals surface area contributed by atoms with Crippen molar-refractivity contribution in [3.63, 3.8) is 0 Å². The van der Waals surface area contributed by atoms with Crippen LogP contribution in [-0.2, 0) is 4.79 Å². The van der Waals surface area contributed by atoms with Crippen LogP contribution in [0.25, 0.3) is 0 Å². The lowest BCUT2D eigenvalue weighted by molar-refractivity contribution is -0.133. The summed E-state index contributed by atoms with van der Waals surface area (Å²) >= 11 is 0. The zero-order valence-electron chi connectivity index (χ0n) is 11.2. The average molecular weight is 236 g/mol. The first-order valence-corrected chi connectivity index (χ1v) is 7.19. The zero-order chi connectivity index (χ0) is 12.2. The molecular formula is C14H24N2O. The lowest BCUT2D eigenvalue weighted by Crippen LogP contribution is -2.46. The van der Waals surface area contributed by atoms with Gasteiger partial charge >= 0.3 is 0 Å². The van der Waals surface area contributed by atoms with E-state index in [2.05, 4.69) is 31.0 Å². The van der Waals surface area contributed by atoms with Crippen molar-refractivity contribution < 1.29 is 4.79 Å². The number of hydrogen-bond acceptors (Lipinski definition) is 2. The molecule has 1 spiro atoms. The van der Waals surface area contributed by atoms with E-state index >= 15 is 0 Å². The molecule has 1 N–H and O–H groups in total. The summed E-state index contributed by atoms with van der Waals surface area (Å²) in [4.78, 5) is 14.8. The van der Waals surface area contributed by atoms with Crippen molar-refractivity contribution in [2.75, 3.05) is 0 Å². The van der Waals surface area contributed by atoms with Crippen molar-refractivity contribution in [2.45, 2.75) is 70.6 Å². The van der Waals surface area contributed by atoms with Gasteiger partial charge in [0.25, 0.3) is 0 Å². The highest BCUT2D eigenvalue weighted by Gasteiger charge is 2.60. The van der Waals surface area contributed by atoms with Gasteiger partial charge < -0.3 is 4.90 Å². The Morgan fingerprint density at radius 2 is 2.06 bits per heavy atom. The largest absolute Gasteiger partial charge is 0.322 e.